The van der Waals surface area contributed by atoms with Crippen molar-refractivity contribution < 1.29 is 14.3 Å². The maximum atomic E-state index is 13.9. The second-order valence-electron chi connectivity index (χ2n) is 12.5. The summed E-state index contributed by atoms with van der Waals surface area (Å²) in [6.45, 7) is 6.97. The minimum atomic E-state index is -1.11. The van der Waals surface area contributed by atoms with E-state index in [0.717, 1.165) is 60.2 Å². The first-order valence-electron chi connectivity index (χ1n) is 16.0. The van der Waals surface area contributed by atoms with Gasteiger partial charge in [0, 0.05) is 33.1 Å². The van der Waals surface area contributed by atoms with Gasteiger partial charge in [-0.05, 0) is 102 Å². The predicted octanol–water partition coefficient (Wildman–Crippen LogP) is 5.11. The molecule has 1 fully saturated rings. The fourth-order valence-corrected chi connectivity index (χ4v) is 6.89. The number of aliphatic imine (C=N–C) groups is 1. The standard InChI is InChI=1S/C37H43N5O3/c1-25(43)41-19-16-26(17-20-41)24-42-35(44)37(2,40-36(42)38)31-9-6-8-29(21-31)34-22-32(45-3)14-13-30(34)23-39-18-15-28-12-11-27-7-4-5-10-33(27)28/h4-10,12-14,21-22,26,39H,11,15-20,23-24H2,1-3H3,(H2,38,40). The average Bonchev–Trinajstić information content (AvgIpc) is 3.57. The van der Waals surface area contributed by atoms with Crippen molar-refractivity contribution in [2.75, 3.05) is 33.3 Å². The highest BCUT2D eigenvalue weighted by Gasteiger charge is 2.46. The smallest absolute Gasteiger partial charge is 0.261 e. The number of fused-ring (bicyclic) bond motifs is 1. The van der Waals surface area contributed by atoms with Crippen molar-refractivity contribution in [3.8, 4) is 16.9 Å². The van der Waals surface area contributed by atoms with E-state index in [1.54, 1.807) is 18.9 Å². The molecule has 3 N–H and O–H groups in total. The third-order valence-corrected chi connectivity index (χ3v) is 9.65. The van der Waals surface area contributed by atoms with Gasteiger partial charge in [0.05, 0.1) is 7.11 Å². The molecule has 2 aliphatic heterocycles. The number of allylic oxidation sites excluding steroid dienone is 1. The summed E-state index contributed by atoms with van der Waals surface area (Å²) in [7, 11) is 1.68. The van der Waals surface area contributed by atoms with Crippen LogP contribution in [0.25, 0.3) is 16.7 Å². The number of ether oxygens (including phenoxy) is 1. The second kappa shape index (κ2) is 12.9. The molecule has 3 aliphatic rings. The summed E-state index contributed by atoms with van der Waals surface area (Å²) >= 11 is 0. The summed E-state index contributed by atoms with van der Waals surface area (Å²) in [5.74, 6) is 1.30. The van der Waals surface area contributed by atoms with Crippen molar-refractivity contribution in [3.63, 3.8) is 0 Å². The molecule has 2 amide bonds. The number of benzene rings is 3. The lowest BCUT2D eigenvalue weighted by Crippen LogP contribution is -2.46. The highest BCUT2D eigenvalue weighted by Crippen LogP contribution is 2.37. The Hall–Kier alpha value is -4.43. The fourth-order valence-electron chi connectivity index (χ4n) is 6.89. The Kier molecular flexibility index (Phi) is 8.76. The maximum absolute atomic E-state index is 13.9. The van der Waals surface area contributed by atoms with Gasteiger partial charge >= 0.3 is 0 Å². The molecule has 0 spiro atoms. The summed E-state index contributed by atoms with van der Waals surface area (Å²) in [4.78, 5) is 33.9. The van der Waals surface area contributed by atoms with E-state index in [9.17, 15) is 9.59 Å². The number of methoxy groups -OCH3 is 1. The van der Waals surface area contributed by atoms with E-state index in [1.807, 2.05) is 30.0 Å². The molecule has 3 aromatic rings. The van der Waals surface area contributed by atoms with Crippen LogP contribution >= 0.6 is 0 Å². The van der Waals surface area contributed by atoms with E-state index < -0.39 is 5.54 Å². The number of piperidine rings is 1. The largest absolute Gasteiger partial charge is 0.497 e. The van der Waals surface area contributed by atoms with Crippen molar-refractivity contribution in [3.05, 3.63) is 95.1 Å². The monoisotopic (exact) mass is 605 g/mol. The molecule has 6 rings (SSSR count). The normalized spacial score (nSPS) is 19.8. The Morgan fingerprint density at radius 3 is 2.64 bits per heavy atom. The highest BCUT2D eigenvalue weighted by molar-refractivity contribution is 6.07. The lowest BCUT2D eigenvalue weighted by molar-refractivity contribution is -0.133. The average molecular weight is 606 g/mol. The van der Waals surface area contributed by atoms with Crippen LogP contribution in [-0.2, 0) is 28.1 Å². The molecular weight excluding hydrogens is 562 g/mol. The van der Waals surface area contributed by atoms with Gasteiger partial charge in [-0.3, -0.25) is 14.5 Å². The SMILES string of the molecule is COc1ccc(CNCCC2=CCc3ccccc32)c(-c2cccc(C3(C)N=C(N)N(CC4CCN(C(C)=O)CC4)C3=O)c2)c1. The lowest BCUT2D eigenvalue weighted by Gasteiger charge is -2.33. The molecule has 1 saturated heterocycles. The molecule has 8 heteroatoms. The van der Waals surface area contributed by atoms with E-state index >= 15 is 0 Å². The van der Waals surface area contributed by atoms with Crippen LogP contribution in [0.5, 0.6) is 5.75 Å². The minimum Gasteiger partial charge on any atom is -0.497 e. The van der Waals surface area contributed by atoms with Crippen LogP contribution < -0.4 is 15.8 Å². The van der Waals surface area contributed by atoms with Crippen molar-refractivity contribution in [1.29, 1.82) is 0 Å². The number of carbonyl (C=O) groups is 2. The number of nitrogens with one attached hydrogen (secondary N) is 1. The Bertz CT molecular complexity index is 1660. The molecule has 0 radical (unpaired) electrons. The summed E-state index contributed by atoms with van der Waals surface area (Å²) < 4.78 is 5.60. The van der Waals surface area contributed by atoms with E-state index in [4.69, 9.17) is 15.5 Å². The van der Waals surface area contributed by atoms with Crippen LogP contribution in [0.2, 0.25) is 0 Å². The third-order valence-electron chi connectivity index (χ3n) is 9.65. The van der Waals surface area contributed by atoms with Gasteiger partial charge in [-0.1, -0.05) is 54.6 Å². The van der Waals surface area contributed by atoms with Crippen molar-refractivity contribution >= 4 is 23.3 Å². The van der Waals surface area contributed by atoms with Crippen LogP contribution in [-0.4, -0.2) is 60.9 Å². The van der Waals surface area contributed by atoms with Gasteiger partial charge in [0.15, 0.2) is 11.5 Å². The summed E-state index contributed by atoms with van der Waals surface area (Å²) in [6, 6.07) is 22.9. The Labute approximate surface area is 266 Å². The Balaban J connectivity index is 1.16. The van der Waals surface area contributed by atoms with E-state index in [-0.39, 0.29) is 23.7 Å². The van der Waals surface area contributed by atoms with Gasteiger partial charge in [-0.15, -0.1) is 0 Å². The van der Waals surface area contributed by atoms with Crippen molar-refractivity contribution in [2.45, 2.75) is 51.6 Å². The van der Waals surface area contributed by atoms with Crippen LogP contribution in [0.3, 0.4) is 0 Å². The molecule has 0 bridgehead atoms. The zero-order chi connectivity index (χ0) is 31.6. The molecule has 3 aromatic carbocycles. The molecule has 1 atom stereocenters. The molecule has 1 aliphatic carbocycles. The van der Waals surface area contributed by atoms with Crippen molar-refractivity contribution in [2.24, 2.45) is 16.6 Å². The number of carbonyl (C=O) groups excluding carboxylic acids is 2. The number of hydrogen-bond acceptors (Lipinski definition) is 6. The first kappa shape index (κ1) is 30.6. The van der Waals surface area contributed by atoms with Crippen LogP contribution in [0, 0.1) is 5.92 Å². The second-order valence-corrected chi connectivity index (χ2v) is 12.5. The number of nitrogens with zero attached hydrogens (tertiary/aromatic N) is 3. The number of likely N-dealkylation sites (tertiary alicyclic amines) is 1. The number of rotatable bonds is 10. The quantitative estimate of drug-likeness (QED) is 0.313. The van der Waals surface area contributed by atoms with Gasteiger partial charge in [-0.2, -0.15) is 0 Å². The zero-order valence-electron chi connectivity index (χ0n) is 26.5. The van der Waals surface area contributed by atoms with Crippen LogP contribution in [0.1, 0.15) is 55.4 Å². The van der Waals surface area contributed by atoms with Gasteiger partial charge in [0.25, 0.3) is 5.91 Å². The summed E-state index contributed by atoms with van der Waals surface area (Å²) in [5, 5.41) is 3.65. The molecule has 45 heavy (non-hydrogen) atoms. The highest BCUT2D eigenvalue weighted by atomic mass is 16.5. The number of hydrogen-bond donors (Lipinski definition) is 2. The van der Waals surface area contributed by atoms with Gasteiger partial charge in [0.2, 0.25) is 5.91 Å². The van der Waals surface area contributed by atoms with E-state index in [0.29, 0.717) is 26.2 Å². The first-order chi connectivity index (χ1) is 21.8. The fraction of sp³-hybridized carbons (Fsp3) is 0.378. The number of guanidine groups is 1. The van der Waals surface area contributed by atoms with E-state index in [1.165, 1.54) is 16.7 Å². The van der Waals surface area contributed by atoms with E-state index in [2.05, 4.69) is 59.9 Å². The molecule has 0 aromatic heterocycles. The van der Waals surface area contributed by atoms with Crippen molar-refractivity contribution in [1.82, 2.24) is 15.1 Å². The summed E-state index contributed by atoms with van der Waals surface area (Å²) in [6.07, 6.45) is 6.03. The predicted molar refractivity (Wildman–Crippen MR) is 179 cm³/mol. The number of amides is 2. The topological polar surface area (TPSA) is 100 Å². The molecular formula is C37H43N5O3. The van der Waals surface area contributed by atoms with Crippen LogP contribution in [0.4, 0.5) is 0 Å². The third kappa shape index (κ3) is 6.25. The lowest BCUT2D eigenvalue weighted by atomic mass is 9.88. The van der Waals surface area contributed by atoms with Gasteiger partial charge in [-0.25, -0.2) is 4.99 Å². The molecule has 1 unspecified atom stereocenters. The zero-order valence-corrected chi connectivity index (χ0v) is 26.5. The Morgan fingerprint density at radius 1 is 1.07 bits per heavy atom. The molecule has 234 valence electrons. The van der Waals surface area contributed by atoms with Gasteiger partial charge < -0.3 is 20.7 Å². The van der Waals surface area contributed by atoms with Crippen LogP contribution in [0.15, 0.2) is 77.8 Å². The first-order valence-corrected chi connectivity index (χ1v) is 16.0. The molecule has 0 saturated carbocycles. The van der Waals surface area contributed by atoms with Gasteiger partial charge in [0.1, 0.15) is 5.75 Å². The number of nitrogens with two attached hydrogens (primary N) is 1. The molecule has 2 heterocycles. The summed E-state index contributed by atoms with van der Waals surface area (Å²) in [5.41, 5.74) is 13.5. The Morgan fingerprint density at radius 2 is 1.87 bits per heavy atom. The minimum absolute atomic E-state index is 0.0992. The maximum Gasteiger partial charge on any atom is 0.261 e. The molecule has 8 nitrogen and oxygen atoms in total.